The van der Waals surface area contributed by atoms with Gasteiger partial charge in [-0.1, -0.05) is 135 Å². The van der Waals surface area contributed by atoms with Gasteiger partial charge in [-0.2, -0.15) is 0 Å². The number of hydrogen-bond donors (Lipinski definition) is 0. The van der Waals surface area contributed by atoms with Crippen LogP contribution >= 0.6 is 0 Å². The van der Waals surface area contributed by atoms with E-state index >= 15 is 0 Å². The van der Waals surface area contributed by atoms with Gasteiger partial charge in [0.1, 0.15) is 0 Å². The molecule has 0 aromatic carbocycles. The van der Waals surface area contributed by atoms with Gasteiger partial charge in [-0.05, 0) is 18.9 Å². The molecule has 0 radical (unpaired) electrons. The van der Waals surface area contributed by atoms with Crippen LogP contribution in [0.15, 0.2) is 18.4 Å². The van der Waals surface area contributed by atoms with Crippen molar-refractivity contribution < 1.29 is 0 Å². The highest BCUT2D eigenvalue weighted by molar-refractivity contribution is 4.74. The zero-order chi connectivity index (χ0) is 18.3. The molecule has 0 fully saturated rings. The van der Waals surface area contributed by atoms with Crippen LogP contribution in [0.2, 0.25) is 0 Å². The second-order valence-corrected chi connectivity index (χ2v) is 7.91. The molecule has 0 saturated heterocycles. The molecule has 0 amide bonds. The lowest BCUT2D eigenvalue weighted by Gasteiger charge is -2.04. The van der Waals surface area contributed by atoms with Crippen LogP contribution in [0.1, 0.15) is 142 Å². The Morgan fingerprint density at radius 2 is 0.760 bits per heavy atom. The van der Waals surface area contributed by atoms with Crippen LogP contribution in [0.25, 0.3) is 0 Å². The highest BCUT2D eigenvalue weighted by Gasteiger charge is 1.95. The Morgan fingerprint density at radius 3 is 1.04 bits per heavy atom. The number of rotatable bonds is 21. The Kier molecular flexibility index (Phi) is 23.1. The van der Waals surface area contributed by atoms with Crippen molar-refractivity contribution in [2.75, 3.05) is 0 Å². The van der Waals surface area contributed by atoms with E-state index in [1.807, 2.05) is 0 Å². The van der Waals surface area contributed by atoms with Gasteiger partial charge in [0.25, 0.3) is 0 Å². The first-order valence-electron chi connectivity index (χ1n) is 11.8. The molecular formula is C25H48. The van der Waals surface area contributed by atoms with Gasteiger partial charge in [-0.15, -0.1) is 5.73 Å². The van der Waals surface area contributed by atoms with Crippen LogP contribution in [0.4, 0.5) is 0 Å². The summed E-state index contributed by atoms with van der Waals surface area (Å²) in [6, 6.07) is 0. The lowest BCUT2D eigenvalue weighted by atomic mass is 10.0. The van der Waals surface area contributed by atoms with E-state index in [0.29, 0.717) is 0 Å². The SMILES string of the molecule is C=C=CCCCCCCCCCCCCCCCCCCCCCC. The normalized spacial score (nSPS) is 10.8. The van der Waals surface area contributed by atoms with Gasteiger partial charge in [0.05, 0.1) is 0 Å². The summed E-state index contributed by atoms with van der Waals surface area (Å²) >= 11 is 0. The van der Waals surface area contributed by atoms with Gasteiger partial charge in [-0.25, -0.2) is 0 Å². The maximum Gasteiger partial charge on any atom is -0.0275 e. The molecule has 0 N–H and O–H groups in total. The quantitative estimate of drug-likeness (QED) is 0.143. The summed E-state index contributed by atoms with van der Waals surface area (Å²) in [5.74, 6) is 0. The van der Waals surface area contributed by atoms with Crippen LogP contribution < -0.4 is 0 Å². The van der Waals surface area contributed by atoms with E-state index in [-0.39, 0.29) is 0 Å². The molecule has 0 unspecified atom stereocenters. The Hall–Kier alpha value is -0.480. The Bertz CT molecular complexity index is 272. The molecule has 0 saturated carbocycles. The number of allylic oxidation sites excluding steroid dienone is 1. The van der Waals surface area contributed by atoms with E-state index < -0.39 is 0 Å². The van der Waals surface area contributed by atoms with E-state index in [4.69, 9.17) is 0 Å². The number of unbranched alkanes of at least 4 members (excludes halogenated alkanes) is 20. The summed E-state index contributed by atoms with van der Waals surface area (Å²) in [5, 5.41) is 0. The third kappa shape index (κ3) is 23.5. The lowest BCUT2D eigenvalue weighted by Crippen LogP contribution is -1.84. The first-order chi connectivity index (χ1) is 12.4. The standard InChI is InChI=1S/C25H48/c1-3-5-7-9-11-13-15-17-19-21-23-25-24-22-20-18-16-14-12-10-8-6-4-2/h5H,1,4,6-25H2,2H3. The van der Waals surface area contributed by atoms with Gasteiger partial charge in [-0.3, -0.25) is 0 Å². The molecule has 0 nitrogen and oxygen atoms in total. The van der Waals surface area contributed by atoms with Crippen molar-refractivity contribution in [1.29, 1.82) is 0 Å². The van der Waals surface area contributed by atoms with E-state index in [2.05, 4.69) is 25.3 Å². The first kappa shape index (κ1) is 24.5. The summed E-state index contributed by atoms with van der Waals surface area (Å²) in [5.41, 5.74) is 2.85. The van der Waals surface area contributed by atoms with Crippen LogP contribution in [-0.2, 0) is 0 Å². The molecule has 0 aliphatic carbocycles. The van der Waals surface area contributed by atoms with Crippen molar-refractivity contribution in [3.8, 4) is 0 Å². The van der Waals surface area contributed by atoms with Gasteiger partial charge in [0.2, 0.25) is 0 Å². The Morgan fingerprint density at radius 1 is 0.480 bits per heavy atom. The maximum absolute atomic E-state index is 3.60. The minimum Gasteiger partial charge on any atom is -0.133 e. The first-order valence-corrected chi connectivity index (χ1v) is 11.8. The van der Waals surface area contributed by atoms with Crippen molar-refractivity contribution in [1.82, 2.24) is 0 Å². The molecule has 0 spiro atoms. The average molecular weight is 349 g/mol. The predicted octanol–water partition coefficient (Wildman–Crippen LogP) is 9.54. The molecule has 0 atom stereocenters. The smallest absolute Gasteiger partial charge is 0.0275 e. The van der Waals surface area contributed by atoms with Crippen LogP contribution in [0.3, 0.4) is 0 Å². The third-order valence-corrected chi connectivity index (χ3v) is 5.35. The van der Waals surface area contributed by atoms with Gasteiger partial charge in [0, 0.05) is 0 Å². The lowest BCUT2D eigenvalue weighted by molar-refractivity contribution is 0.522. The molecule has 0 rings (SSSR count). The largest absolute Gasteiger partial charge is 0.133 e. The van der Waals surface area contributed by atoms with Gasteiger partial charge >= 0.3 is 0 Å². The molecule has 0 aliphatic rings. The number of hydrogen-bond acceptors (Lipinski definition) is 0. The fraction of sp³-hybridized carbons (Fsp3) is 0.880. The topological polar surface area (TPSA) is 0 Å². The summed E-state index contributed by atoms with van der Waals surface area (Å²) in [7, 11) is 0. The van der Waals surface area contributed by atoms with Crippen LogP contribution in [0, 0.1) is 0 Å². The van der Waals surface area contributed by atoms with Crippen molar-refractivity contribution >= 4 is 0 Å². The molecule has 0 aromatic heterocycles. The Balaban J connectivity index is 2.97. The molecule has 25 heavy (non-hydrogen) atoms. The highest BCUT2D eigenvalue weighted by atomic mass is 14.0. The molecule has 0 bridgehead atoms. The van der Waals surface area contributed by atoms with Gasteiger partial charge < -0.3 is 0 Å². The fourth-order valence-corrected chi connectivity index (χ4v) is 3.60. The molecule has 0 aliphatic heterocycles. The zero-order valence-corrected chi connectivity index (χ0v) is 17.6. The molecule has 0 heteroatoms. The summed E-state index contributed by atoms with van der Waals surface area (Å²) < 4.78 is 0. The second-order valence-electron chi connectivity index (χ2n) is 7.91. The second kappa shape index (κ2) is 23.5. The highest BCUT2D eigenvalue weighted by Crippen LogP contribution is 2.14. The third-order valence-electron chi connectivity index (χ3n) is 5.35. The molecule has 0 heterocycles. The minimum atomic E-state index is 1.17. The van der Waals surface area contributed by atoms with Crippen molar-refractivity contribution in [2.24, 2.45) is 0 Å². The summed E-state index contributed by atoms with van der Waals surface area (Å²) in [4.78, 5) is 0. The molecular weight excluding hydrogens is 300 g/mol. The van der Waals surface area contributed by atoms with Crippen LogP contribution in [-0.4, -0.2) is 0 Å². The van der Waals surface area contributed by atoms with Crippen molar-refractivity contribution in [2.45, 2.75) is 142 Å². The van der Waals surface area contributed by atoms with E-state index in [1.54, 1.807) is 0 Å². The summed E-state index contributed by atoms with van der Waals surface area (Å²) in [6.07, 6.45) is 32.2. The Labute approximate surface area is 160 Å². The van der Waals surface area contributed by atoms with E-state index in [0.717, 1.165) is 0 Å². The summed E-state index contributed by atoms with van der Waals surface area (Å²) in [6.45, 7) is 5.90. The molecule has 0 aromatic rings. The predicted molar refractivity (Wildman–Crippen MR) is 116 cm³/mol. The van der Waals surface area contributed by atoms with E-state index in [1.165, 1.54) is 135 Å². The van der Waals surface area contributed by atoms with E-state index in [9.17, 15) is 0 Å². The molecule has 148 valence electrons. The van der Waals surface area contributed by atoms with Crippen LogP contribution in [0.5, 0.6) is 0 Å². The minimum absolute atomic E-state index is 1.17. The van der Waals surface area contributed by atoms with Crippen molar-refractivity contribution in [3.05, 3.63) is 18.4 Å². The fourth-order valence-electron chi connectivity index (χ4n) is 3.60. The van der Waals surface area contributed by atoms with Gasteiger partial charge in [0.15, 0.2) is 0 Å². The maximum atomic E-state index is 3.60. The van der Waals surface area contributed by atoms with Crippen molar-refractivity contribution in [3.63, 3.8) is 0 Å². The monoisotopic (exact) mass is 348 g/mol. The zero-order valence-electron chi connectivity index (χ0n) is 17.6. The average Bonchev–Trinajstić information content (AvgIpc) is 2.63.